The number of anilines is 2. The molecule has 3 N–H and O–H groups in total. The van der Waals surface area contributed by atoms with Gasteiger partial charge in [-0.15, -0.1) is 10.2 Å². The van der Waals surface area contributed by atoms with E-state index in [1.54, 1.807) is 19.2 Å². The van der Waals surface area contributed by atoms with Crippen molar-refractivity contribution in [2.45, 2.75) is 6.42 Å². The molecule has 0 radical (unpaired) electrons. The van der Waals surface area contributed by atoms with Gasteiger partial charge < -0.3 is 15.7 Å². The first kappa shape index (κ1) is 13.4. The number of nitrogens with one attached hydrogen (secondary N) is 2. The van der Waals surface area contributed by atoms with Crippen molar-refractivity contribution < 1.29 is 9.90 Å². The summed E-state index contributed by atoms with van der Waals surface area (Å²) in [7, 11) is 1.72. The lowest BCUT2D eigenvalue weighted by Crippen LogP contribution is -2.11. The minimum Gasteiger partial charge on any atom is -0.396 e. The molecule has 6 nitrogen and oxygen atoms in total. The summed E-state index contributed by atoms with van der Waals surface area (Å²) in [5.41, 5.74) is 1.71. The Morgan fingerprint density at radius 3 is 2.63 bits per heavy atom. The van der Waals surface area contributed by atoms with Crippen molar-refractivity contribution in [2.75, 3.05) is 24.3 Å². The van der Waals surface area contributed by atoms with E-state index >= 15 is 0 Å². The molecule has 0 atom stereocenters. The molecule has 0 saturated carbocycles. The van der Waals surface area contributed by atoms with Crippen LogP contribution < -0.4 is 10.6 Å². The third-order valence-electron chi connectivity index (χ3n) is 2.45. The second-order valence-electron chi connectivity index (χ2n) is 3.79. The standard InChI is InChI=1S/C12H14N4O2S/c1-13-12-16-15-11(19-12)10(18)14-9-4-2-8(3-5-9)6-7-17/h2-5,17H,6-7H2,1H3,(H,13,16)(H,14,18). The molecule has 0 unspecified atom stereocenters. The Hall–Kier alpha value is -1.99. The maximum absolute atomic E-state index is 11.9. The van der Waals surface area contributed by atoms with E-state index in [9.17, 15) is 4.79 Å². The number of carbonyl (C=O) groups is 1. The second-order valence-corrected chi connectivity index (χ2v) is 4.76. The van der Waals surface area contributed by atoms with Gasteiger partial charge in [0.05, 0.1) is 0 Å². The van der Waals surface area contributed by atoms with Gasteiger partial charge in [0, 0.05) is 19.3 Å². The molecule has 0 aliphatic heterocycles. The van der Waals surface area contributed by atoms with Crippen molar-refractivity contribution in [3.8, 4) is 0 Å². The summed E-state index contributed by atoms with van der Waals surface area (Å²) in [6.45, 7) is 0.114. The number of hydrogen-bond acceptors (Lipinski definition) is 6. The zero-order chi connectivity index (χ0) is 13.7. The molecule has 100 valence electrons. The maximum Gasteiger partial charge on any atom is 0.286 e. The molecule has 1 aromatic heterocycles. The molecule has 0 aliphatic rings. The Labute approximate surface area is 114 Å². The zero-order valence-corrected chi connectivity index (χ0v) is 11.2. The largest absolute Gasteiger partial charge is 0.396 e. The summed E-state index contributed by atoms with van der Waals surface area (Å²) in [5, 5.41) is 22.9. The molecule has 2 aromatic rings. The third kappa shape index (κ3) is 3.49. The molecule has 0 aliphatic carbocycles. The number of nitrogens with zero attached hydrogens (tertiary/aromatic N) is 2. The van der Waals surface area contributed by atoms with Gasteiger partial charge in [-0.05, 0) is 24.1 Å². The van der Waals surface area contributed by atoms with Crippen LogP contribution in [0, 0.1) is 0 Å². The SMILES string of the molecule is CNc1nnc(C(=O)Nc2ccc(CCO)cc2)s1. The number of rotatable bonds is 5. The van der Waals surface area contributed by atoms with Crippen LogP contribution in [0.25, 0.3) is 0 Å². The molecule has 0 fully saturated rings. The number of benzene rings is 1. The van der Waals surface area contributed by atoms with Crippen molar-refractivity contribution in [1.82, 2.24) is 10.2 Å². The Morgan fingerprint density at radius 1 is 1.32 bits per heavy atom. The van der Waals surface area contributed by atoms with E-state index in [-0.39, 0.29) is 12.5 Å². The summed E-state index contributed by atoms with van der Waals surface area (Å²) >= 11 is 1.19. The van der Waals surface area contributed by atoms with Crippen LogP contribution in [0.15, 0.2) is 24.3 Å². The average molecular weight is 278 g/mol. The van der Waals surface area contributed by atoms with E-state index in [1.165, 1.54) is 11.3 Å². The second kappa shape index (κ2) is 6.26. The monoisotopic (exact) mass is 278 g/mol. The van der Waals surface area contributed by atoms with Gasteiger partial charge in [-0.2, -0.15) is 0 Å². The van der Waals surface area contributed by atoms with Crippen molar-refractivity contribution in [3.05, 3.63) is 34.8 Å². The summed E-state index contributed by atoms with van der Waals surface area (Å²) in [4.78, 5) is 11.9. The van der Waals surface area contributed by atoms with Gasteiger partial charge in [-0.3, -0.25) is 4.79 Å². The van der Waals surface area contributed by atoms with E-state index in [0.29, 0.717) is 22.2 Å². The van der Waals surface area contributed by atoms with Crippen molar-refractivity contribution >= 4 is 28.1 Å². The average Bonchev–Trinajstić information content (AvgIpc) is 2.90. The van der Waals surface area contributed by atoms with Crippen LogP contribution in [0.4, 0.5) is 10.8 Å². The topological polar surface area (TPSA) is 87.1 Å². The van der Waals surface area contributed by atoms with Gasteiger partial charge in [0.2, 0.25) is 10.1 Å². The predicted molar refractivity (Wildman–Crippen MR) is 74.6 cm³/mol. The number of aliphatic hydroxyl groups is 1. The highest BCUT2D eigenvalue weighted by Gasteiger charge is 2.12. The number of amides is 1. The fraction of sp³-hybridized carbons (Fsp3) is 0.250. The lowest BCUT2D eigenvalue weighted by molar-refractivity contribution is 0.102. The first-order valence-corrected chi connectivity index (χ1v) is 6.57. The summed E-state index contributed by atoms with van der Waals surface area (Å²) in [6.07, 6.45) is 0.607. The van der Waals surface area contributed by atoms with Gasteiger partial charge in [0.25, 0.3) is 5.91 Å². The van der Waals surface area contributed by atoms with Crippen LogP contribution in [-0.4, -0.2) is 34.9 Å². The maximum atomic E-state index is 11.9. The van der Waals surface area contributed by atoms with Gasteiger partial charge in [-0.1, -0.05) is 23.5 Å². The molecule has 2 rings (SSSR count). The van der Waals surface area contributed by atoms with Gasteiger partial charge in [0.15, 0.2) is 0 Å². The van der Waals surface area contributed by atoms with Crippen LogP contribution in [0.1, 0.15) is 15.4 Å². The van der Waals surface area contributed by atoms with Gasteiger partial charge in [0.1, 0.15) is 0 Å². The normalized spacial score (nSPS) is 10.2. The molecular weight excluding hydrogens is 264 g/mol. The lowest BCUT2D eigenvalue weighted by atomic mass is 10.1. The summed E-state index contributed by atoms with van der Waals surface area (Å²) in [6, 6.07) is 7.32. The van der Waals surface area contributed by atoms with E-state index in [4.69, 9.17) is 5.11 Å². The zero-order valence-electron chi connectivity index (χ0n) is 10.4. The van der Waals surface area contributed by atoms with Crippen molar-refractivity contribution in [3.63, 3.8) is 0 Å². The molecule has 0 saturated heterocycles. The Morgan fingerprint density at radius 2 is 2.05 bits per heavy atom. The first-order chi connectivity index (χ1) is 9.22. The van der Waals surface area contributed by atoms with E-state index < -0.39 is 0 Å². The highest BCUT2D eigenvalue weighted by molar-refractivity contribution is 7.17. The quantitative estimate of drug-likeness (QED) is 0.769. The highest BCUT2D eigenvalue weighted by Crippen LogP contribution is 2.16. The highest BCUT2D eigenvalue weighted by atomic mass is 32.1. The van der Waals surface area contributed by atoms with Crippen molar-refractivity contribution in [2.24, 2.45) is 0 Å². The molecule has 7 heteroatoms. The summed E-state index contributed by atoms with van der Waals surface area (Å²) < 4.78 is 0. The Balaban J connectivity index is 2.01. The predicted octanol–water partition coefficient (Wildman–Crippen LogP) is 1.37. The van der Waals surface area contributed by atoms with Crippen LogP contribution >= 0.6 is 11.3 Å². The number of hydrogen-bond donors (Lipinski definition) is 3. The van der Waals surface area contributed by atoms with Crippen molar-refractivity contribution in [1.29, 1.82) is 0 Å². The number of aromatic nitrogens is 2. The molecular formula is C12H14N4O2S. The minimum atomic E-state index is -0.283. The fourth-order valence-corrected chi connectivity index (χ4v) is 2.08. The fourth-order valence-electron chi connectivity index (χ4n) is 1.48. The smallest absolute Gasteiger partial charge is 0.286 e. The van der Waals surface area contributed by atoms with Crippen LogP contribution in [0.5, 0.6) is 0 Å². The van der Waals surface area contributed by atoms with Crippen LogP contribution in [-0.2, 0) is 6.42 Å². The lowest BCUT2D eigenvalue weighted by Gasteiger charge is -2.04. The molecule has 1 amide bonds. The van der Waals surface area contributed by atoms with Crippen LogP contribution in [0.2, 0.25) is 0 Å². The Kier molecular flexibility index (Phi) is 4.43. The van der Waals surface area contributed by atoms with Crippen LogP contribution in [0.3, 0.4) is 0 Å². The molecule has 0 bridgehead atoms. The van der Waals surface area contributed by atoms with E-state index in [0.717, 1.165) is 5.56 Å². The van der Waals surface area contributed by atoms with Gasteiger partial charge in [-0.25, -0.2) is 0 Å². The minimum absolute atomic E-state index is 0.114. The van der Waals surface area contributed by atoms with Gasteiger partial charge >= 0.3 is 0 Å². The molecule has 0 spiro atoms. The molecule has 19 heavy (non-hydrogen) atoms. The first-order valence-electron chi connectivity index (χ1n) is 5.75. The van der Waals surface area contributed by atoms with E-state index in [1.807, 2.05) is 12.1 Å². The molecule has 1 heterocycles. The van der Waals surface area contributed by atoms with E-state index in [2.05, 4.69) is 20.8 Å². The molecule has 1 aromatic carbocycles. The third-order valence-corrected chi connectivity index (χ3v) is 3.38. The number of aliphatic hydroxyl groups excluding tert-OH is 1. The summed E-state index contributed by atoms with van der Waals surface area (Å²) in [5.74, 6) is -0.283. The Bertz CT molecular complexity index is 553. The number of carbonyl (C=O) groups excluding carboxylic acids is 1.